The van der Waals surface area contributed by atoms with Gasteiger partial charge in [0.05, 0.1) is 18.8 Å². The van der Waals surface area contributed by atoms with E-state index in [1.807, 2.05) is 32.0 Å². The minimum atomic E-state index is -0.424. The summed E-state index contributed by atoms with van der Waals surface area (Å²) in [7, 11) is 0. The van der Waals surface area contributed by atoms with Crippen LogP contribution in [0.15, 0.2) is 22.8 Å². The van der Waals surface area contributed by atoms with Gasteiger partial charge in [0.1, 0.15) is 4.60 Å². The van der Waals surface area contributed by atoms with Crippen LogP contribution in [0.1, 0.15) is 26.7 Å². The van der Waals surface area contributed by atoms with Gasteiger partial charge in [0.2, 0.25) is 5.88 Å². The normalized spacial score (nSPS) is 32.3. The van der Waals surface area contributed by atoms with Crippen LogP contribution in [0.2, 0.25) is 0 Å². The first-order chi connectivity index (χ1) is 9.02. The highest BCUT2D eigenvalue weighted by molar-refractivity contribution is 9.10. The van der Waals surface area contributed by atoms with Gasteiger partial charge in [0, 0.05) is 6.07 Å². The van der Waals surface area contributed by atoms with Crippen molar-refractivity contribution < 1.29 is 14.2 Å². The zero-order valence-electron chi connectivity index (χ0n) is 11.1. The Labute approximate surface area is 121 Å². The summed E-state index contributed by atoms with van der Waals surface area (Å²) in [5.74, 6) is 0.716. The van der Waals surface area contributed by atoms with Gasteiger partial charge in [-0.05, 0) is 54.6 Å². The van der Waals surface area contributed by atoms with Gasteiger partial charge >= 0.3 is 0 Å². The second-order valence-electron chi connectivity index (χ2n) is 5.66. The van der Waals surface area contributed by atoms with Crippen molar-refractivity contribution in [2.75, 3.05) is 6.61 Å². The molecule has 1 aliphatic heterocycles. The van der Waals surface area contributed by atoms with Crippen molar-refractivity contribution in [1.82, 2.24) is 4.98 Å². The third-order valence-electron chi connectivity index (χ3n) is 3.57. The molecular weight excluding hydrogens is 310 g/mol. The topological polar surface area (TPSA) is 40.6 Å². The van der Waals surface area contributed by atoms with Gasteiger partial charge in [-0.15, -0.1) is 0 Å². The number of hydrogen-bond acceptors (Lipinski definition) is 4. The summed E-state index contributed by atoms with van der Waals surface area (Å²) in [6, 6.07) is 5.68. The van der Waals surface area contributed by atoms with E-state index >= 15 is 0 Å². The van der Waals surface area contributed by atoms with Gasteiger partial charge in [0.25, 0.3) is 0 Å². The highest BCUT2D eigenvalue weighted by Crippen LogP contribution is 2.40. The number of fused-ring (bicyclic) bond motifs is 1. The van der Waals surface area contributed by atoms with Crippen molar-refractivity contribution >= 4 is 15.9 Å². The molecule has 3 atom stereocenters. The summed E-state index contributed by atoms with van der Waals surface area (Å²) < 4.78 is 18.3. The minimum Gasteiger partial charge on any atom is -0.477 e. The van der Waals surface area contributed by atoms with Crippen LogP contribution in [0, 0.1) is 5.92 Å². The fraction of sp³-hybridized carbons (Fsp3) is 0.643. The molecule has 0 bridgehead atoms. The molecule has 5 heteroatoms. The van der Waals surface area contributed by atoms with E-state index in [2.05, 4.69) is 20.9 Å². The first-order valence-corrected chi connectivity index (χ1v) is 7.42. The van der Waals surface area contributed by atoms with Crippen LogP contribution in [0.3, 0.4) is 0 Å². The molecular formula is C14H18BrNO3. The molecule has 0 aromatic carbocycles. The Hall–Kier alpha value is -0.650. The van der Waals surface area contributed by atoms with Gasteiger partial charge < -0.3 is 14.2 Å². The van der Waals surface area contributed by atoms with E-state index in [0.717, 1.165) is 17.4 Å². The fourth-order valence-electron chi connectivity index (χ4n) is 2.87. The van der Waals surface area contributed by atoms with Crippen LogP contribution in [0.4, 0.5) is 0 Å². The standard InChI is InChI=1S/C14H18BrNO3/c1-14(2)18-10-6-9(7-11(10)19-14)8-17-13-5-3-4-12(15)16-13/h3-5,9-11H,6-8H2,1-2H3/t9-,10+,11-. The number of rotatable bonds is 3. The molecule has 0 unspecified atom stereocenters. The summed E-state index contributed by atoms with van der Waals surface area (Å²) in [6.07, 6.45) is 2.45. The zero-order valence-corrected chi connectivity index (χ0v) is 12.7. The molecule has 0 spiro atoms. The van der Waals surface area contributed by atoms with Crippen molar-refractivity contribution in [3.63, 3.8) is 0 Å². The minimum absolute atomic E-state index is 0.221. The molecule has 1 saturated carbocycles. The van der Waals surface area contributed by atoms with Crippen LogP contribution in [0.5, 0.6) is 5.88 Å². The Kier molecular flexibility index (Phi) is 3.53. The SMILES string of the molecule is CC1(C)O[C@H]2C[C@@H](COc3cccc(Br)n3)C[C@H]2O1. The summed E-state index contributed by atoms with van der Waals surface area (Å²) >= 11 is 3.34. The maximum absolute atomic E-state index is 5.87. The maximum Gasteiger partial charge on any atom is 0.214 e. The molecule has 0 radical (unpaired) electrons. The monoisotopic (exact) mass is 327 g/mol. The second-order valence-corrected chi connectivity index (χ2v) is 6.47. The van der Waals surface area contributed by atoms with Crippen LogP contribution in [0.25, 0.3) is 0 Å². The Morgan fingerprint density at radius 3 is 2.63 bits per heavy atom. The lowest BCUT2D eigenvalue weighted by atomic mass is 10.1. The third-order valence-corrected chi connectivity index (χ3v) is 4.01. The molecule has 104 valence electrons. The fourth-order valence-corrected chi connectivity index (χ4v) is 3.20. The van der Waals surface area contributed by atoms with Crippen LogP contribution in [-0.2, 0) is 9.47 Å². The first kappa shape index (κ1) is 13.3. The molecule has 0 amide bonds. The average Bonchev–Trinajstić information content (AvgIpc) is 2.79. The van der Waals surface area contributed by atoms with Crippen molar-refractivity contribution in [2.45, 2.75) is 44.7 Å². The largest absolute Gasteiger partial charge is 0.477 e. The second kappa shape index (κ2) is 5.04. The van der Waals surface area contributed by atoms with Crippen molar-refractivity contribution in [1.29, 1.82) is 0 Å². The lowest BCUT2D eigenvalue weighted by molar-refractivity contribution is -0.154. The summed E-state index contributed by atoms with van der Waals surface area (Å²) in [6.45, 7) is 4.62. The lowest BCUT2D eigenvalue weighted by Crippen LogP contribution is -2.24. The molecule has 1 aromatic heterocycles. The van der Waals surface area contributed by atoms with E-state index in [1.54, 1.807) is 0 Å². The zero-order chi connectivity index (χ0) is 13.5. The molecule has 0 N–H and O–H groups in total. The first-order valence-electron chi connectivity index (χ1n) is 6.63. The van der Waals surface area contributed by atoms with E-state index in [9.17, 15) is 0 Å². The quantitative estimate of drug-likeness (QED) is 0.799. The van der Waals surface area contributed by atoms with Gasteiger partial charge in [-0.25, -0.2) is 4.98 Å². The number of ether oxygens (including phenoxy) is 3. The van der Waals surface area contributed by atoms with Crippen LogP contribution >= 0.6 is 15.9 Å². The highest BCUT2D eigenvalue weighted by atomic mass is 79.9. The molecule has 1 aromatic rings. The molecule has 3 rings (SSSR count). The van der Waals surface area contributed by atoms with Crippen molar-refractivity contribution in [3.8, 4) is 5.88 Å². The molecule has 2 fully saturated rings. The van der Waals surface area contributed by atoms with Crippen LogP contribution < -0.4 is 4.74 Å². The van der Waals surface area contributed by atoms with E-state index in [0.29, 0.717) is 18.4 Å². The smallest absolute Gasteiger partial charge is 0.214 e. The van der Waals surface area contributed by atoms with Gasteiger partial charge in [-0.3, -0.25) is 0 Å². The summed E-state index contributed by atoms with van der Waals surface area (Å²) in [4.78, 5) is 4.26. The van der Waals surface area contributed by atoms with E-state index in [-0.39, 0.29) is 12.2 Å². The number of hydrogen-bond donors (Lipinski definition) is 0. The van der Waals surface area contributed by atoms with Gasteiger partial charge in [-0.2, -0.15) is 0 Å². The molecule has 2 aliphatic rings. The number of halogens is 1. The Morgan fingerprint density at radius 1 is 1.32 bits per heavy atom. The maximum atomic E-state index is 5.87. The predicted molar refractivity (Wildman–Crippen MR) is 74.0 cm³/mol. The van der Waals surface area contributed by atoms with Crippen LogP contribution in [-0.4, -0.2) is 29.6 Å². The summed E-state index contributed by atoms with van der Waals surface area (Å²) in [5, 5.41) is 0. The molecule has 4 nitrogen and oxygen atoms in total. The van der Waals surface area contributed by atoms with E-state index < -0.39 is 5.79 Å². The number of pyridine rings is 1. The van der Waals surface area contributed by atoms with Crippen molar-refractivity contribution in [3.05, 3.63) is 22.8 Å². The Morgan fingerprint density at radius 2 is 2.00 bits per heavy atom. The molecule has 19 heavy (non-hydrogen) atoms. The number of aromatic nitrogens is 1. The Balaban J connectivity index is 1.51. The predicted octanol–water partition coefficient (Wildman–Crippen LogP) is 3.15. The molecule has 2 heterocycles. The van der Waals surface area contributed by atoms with Gasteiger partial charge in [0.15, 0.2) is 5.79 Å². The Bertz CT molecular complexity index is 450. The summed E-state index contributed by atoms with van der Waals surface area (Å²) in [5.41, 5.74) is 0. The molecule has 1 aliphatic carbocycles. The average molecular weight is 328 g/mol. The van der Waals surface area contributed by atoms with Crippen molar-refractivity contribution in [2.24, 2.45) is 5.92 Å². The van der Waals surface area contributed by atoms with Gasteiger partial charge in [-0.1, -0.05) is 6.07 Å². The highest BCUT2D eigenvalue weighted by Gasteiger charge is 2.47. The number of nitrogens with zero attached hydrogens (tertiary/aromatic N) is 1. The molecule has 1 saturated heterocycles. The van der Waals surface area contributed by atoms with E-state index in [4.69, 9.17) is 14.2 Å². The third kappa shape index (κ3) is 3.09. The van der Waals surface area contributed by atoms with E-state index in [1.165, 1.54) is 0 Å². The lowest BCUT2D eigenvalue weighted by Gasteiger charge is -2.20.